The fourth-order valence-corrected chi connectivity index (χ4v) is 12.2. The second kappa shape index (κ2) is 22.3. The molecule has 10 nitrogen and oxygen atoms in total. The Morgan fingerprint density at radius 1 is 0.278 bits per heavy atom. The lowest BCUT2D eigenvalue weighted by atomic mass is 9.97. The Labute approximate surface area is 518 Å². The zero-order chi connectivity index (χ0) is 60.8. The lowest BCUT2D eigenvalue weighted by Crippen LogP contribution is -2.03. The summed E-state index contributed by atoms with van der Waals surface area (Å²) >= 11 is 0. The molecule has 0 saturated carbocycles. The van der Waals surface area contributed by atoms with E-state index in [-0.39, 0.29) is 0 Å². The molecular weight excluding hydrogens is 1100 g/mol. The van der Waals surface area contributed by atoms with Gasteiger partial charge in [-0.1, -0.05) is 164 Å². The molecule has 0 radical (unpaired) electrons. The minimum Gasteiger partial charge on any atom is -0.309 e. The average Bonchev–Trinajstić information content (AvgIpc) is 1.57. The largest absolute Gasteiger partial charge is 0.309 e. The Kier molecular flexibility index (Phi) is 13.2. The standard InChI is InChI=1S/C80H44N10/c1-83-63-31-22-54(23-32-63)60-28-38-72-68(44-60)69-45-61(55-24-33-64(84-2)34-25-55)29-39-73(69)89(72)76-40-30-62(80-87-78(56-10-6-4-7-11-56)86-79(88-80)57-12-8-5-9-13-57)46-70(76)71-47-65(85-3)35-41-77(71)90-74-36-26-58(52-18-14-50(48-81)15-19-52)42-66(74)67-43-59(27-37-75(67)90)53-20-16-51(49-82)17-21-53/h4-47H. The Morgan fingerprint density at radius 3 is 0.933 bits per heavy atom. The summed E-state index contributed by atoms with van der Waals surface area (Å²) in [5, 5.41) is 23.4. The van der Waals surface area contributed by atoms with Gasteiger partial charge in [-0.15, -0.1) is 0 Å². The lowest BCUT2D eigenvalue weighted by molar-refractivity contribution is 1.07. The van der Waals surface area contributed by atoms with Gasteiger partial charge in [0.05, 0.1) is 76.4 Å². The number of rotatable bonds is 10. The van der Waals surface area contributed by atoms with Crippen molar-refractivity contribution in [2.24, 2.45) is 0 Å². The van der Waals surface area contributed by atoms with E-state index in [9.17, 15) is 10.5 Å². The van der Waals surface area contributed by atoms with E-state index < -0.39 is 0 Å². The van der Waals surface area contributed by atoms with Crippen molar-refractivity contribution in [2.45, 2.75) is 0 Å². The molecule has 0 aliphatic heterocycles. The first kappa shape index (κ1) is 53.4. The normalized spacial score (nSPS) is 11.1. The Morgan fingerprint density at radius 2 is 0.578 bits per heavy atom. The van der Waals surface area contributed by atoms with Crippen LogP contribution < -0.4 is 0 Å². The molecule has 15 rings (SSSR count). The molecule has 0 aliphatic rings. The summed E-state index contributed by atoms with van der Waals surface area (Å²) in [6, 6.07) is 93.3. The van der Waals surface area contributed by atoms with Crippen molar-refractivity contribution in [1.29, 1.82) is 10.5 Å². The molecule has 0 atom stereocenters. The van der Waals surface area contributed by atoms with Gasteiger partial charge in [-0.2, -0.15) is 10.5 Å². The van der Waals surface area contributed by atoms with Crippen LogP contribution in [-0.4, -0.2) is 24.1 Å². The number of nitrogens with zero attached hydrogens (tertiary/aromatic N) is 10. The molecule has 0 N–H and O–H groups in total. The molecule has 414 valence electrons. The first-order chi connectivity index (χ1) is 44.3. The third-order valence-corrected chi connectivity index (χ3v) is 16.7. The van der Waals surface area contributed by atoms with Gasteiger partial charge in [0.25, 0.3) is 0 Å². The van der Waals surface area contributed by atoms with Crippen LogP contribution in [0.4, 0.5) is 17.1 Å². The minimum atomic E-state index is 0.444. The lowest BCUT2D eigenvalue weighted by Gasteiger charge is -2.20. The van der Waals surface area contributed by atoms with Gasteiger partial charge in [0.1, 0.15) is 0 Å². The van der Waals surface area contributed by atoms with Crippen LogP contribution in [0.1, 0.15) is 11.1 Å². The Balaban J connectivity index is 1.03. The molecule has 12 aromatic carbocycles. The highest BCUT2D eigenvalue weighted by molar-refractivity contribution is 6.14. The molecule has 0 aliphatic carbocycles. The topological polar surface area (TPSA) is 109 Å². The molecule has 0 unspecified atom stereocenters. The second-order valence-corrected chi connectivity index (χ2v) is 21.9. The maximum atomic E-state index is 9.72. The summed E-state index contributed by atoms with van der Waals surface area (Å²) in [5.74, 6) is 1.51. The third-order valence-electron chi connectivity index (χ3n) is 16.7. The molecule has 90 heavy (non-hydrogen) atoms. The summed E-state index contributed by atoms with van der Waals surface area (Å²) in [7, 11) is 0. The number of hydrogen-bond donors (Lipinski definition) is 0. The highest BCUT2D eigenvalue weighted by Crippen LogP contribution is 2.46. The van der Waals surface area contributed by atoms with E-state index in [1.54, 1.807) is 0 Å². The van der Waals surface area contributed by atoms with E-state index in [0.717, 1.165) is 127 Å². The van der Waals surface area contributed by atoms with Crippen molar-refractivity contribution >= 4 is 60.7 Å². The fourth-order valence-electron chi connectivity index (χ4n) is 12.2. The quantitative estimate of drug-likeness (QED) is 0.127. The molecule has 0 spiro atoms. The fraction of sp³-hybridized carbons (Fsp3) is 0. The van der Waals surface area contributed by atoms with E-state index in [1.807, 2.05) is 176 Å². The monoisotopic (exact) mass is 1140 g/mol. The number of nitriles is 2. The van der Waals surface area contributed by atoms with Gasteiger partial charge in [-0.3, -0.25) is 0 Å². The molecule has 10 heteroatoms. The van der Waals surface area contributed by atoms with Gasteiger partial charge in [0.2, 0.25) is 0 Å². The molecule has 0 saturated heterocycles. The van der Waals surface area contributed by atoms with E-state index in [1.165, 1.54) is 0 Å². The van der Waals surface area contributed by atoms with Gasteiger partial charge in [0.15, 0.2) is 34.5 Å². The van der Waals surface area contributed by atoms with E-state index in [2.05, 4.69) is 127 Å². The average molecular weight is 1150 g/mol. The highest BCUT2D eigenvalue weighted by atomic mass is 15.0. The molecule has 0 amide bonds. The van der Waals surface area contributed by atoms with Crippen LogP contribution in [0.5, 0.6) is 0 Å². The van der Waals surface area contributed by atoms with Crippen LogP contribution in [0.3, 0.4) is 0 Å². The molecule has 15 aromatic rings. The molecule has 0 fully saturated rings. The summed E-state index contributed by atoms with van der Waals surface area (Å²) in [5.41, 5.74) is 19.9. The van der Waals surface area contributed by atoms with Crippen molar-refractivity contribution in [1.82, 2.24) is 24.1 Å². The Hall–Kier alpha value is -13.3. The van der Waals surface area contributed by atoms with Gasteiger partial charge in [-0.05, 0) is 153 Å². The zero-order valence-corrected chi connectivity index (χ0v) is 47.9. The smallest absolute Gasteiger partial charge is 0.188 e. The van der Waals surface area contributed by atoms with Gasteiger partial charge < -0.3 is 9.13 Å². The number of fused-ring (bicyclic) bond motifs is 6. The minimum absolute atomic E-state index is 0.444. The highest BCUT2D eigenvalue weighted by Gasteiger charge is 2.25. The SMILES string of the molecule is [C-]#[N+]c1ccc(-c2ccc3c(c2)c2cc(-c4ccc([N+]#[C-])cc4)ccc2n3-c2ccc(-c3nc(-c4ccccc4)nc(-c4ccccc4)n3)cc2-c2cc([N+]#[C-])ccc2-n2c3ccc(-c4ccc(C#N)cc4)cc3c3cc(-c4ccc(C#N)cc4)ccc32)cc1. The number of aromatic nitrogens is 5. The molecule has 0 bridgehead atoms. The van der Waals surface area contributed by atoms with Crippen molar-refractivity contribution in [2.75, 3.05) is 0 Å². The molecule has 3 aromatic heterocycles. The van der Waals surface area contributed by atoms with E-state index >= 15 is 0 Å². The van der Waals surface area contributed by atoms with E-state index in [0.29, 0.717) is 45.7 Å². The van der Waals surface area contributed by atoms with Gasteiger partial charge >= 0.3 is 0 Å². The predicted molar refractivity (Wildman–Crippen MR) is 360 cm³/mol. The van der Waals surface area contributed by atoms with Gasteiger partial charge in [-0.25, -0.2) is 29.5 Å². The van der Waals surface area contributed by atoms with Crippen LogP contribution in [0.15, 0.2) is 267 Å². The van der Waals surface area contributed by atoms with Crippen LogP contribution >= 0.6 is 0 Å². The third kappa shape index (κ3) is 9.50. The summed E-state index contributed by atoms with van der Waals surface area (Å²) in [6.45, 7) is 23.9. The maximum absolute atomic E-state index is 9.72. The summed E-state index contributed by atoms with van der Waals surface area (Å²) < 4.78 is 4.61. The van der Waals surface area contributed by atoms with Crippen LogP contribution in [0.2, 0.25) is 0 Å². The first-order valence-electron chi connectivity index (χ1n) is 29.0. The Bertz CT molecular complexity index is 5330. The van der Waals surface area contributed by atoms with Crippen molar-refractivity contribution in [3.8, 4) is 113 Å². The number of hydrogen-bond acceptors (Lipinski definition) is 5. The number of benzene rings is 12. The van der Waals surface area contributed by atoms with Crippen LogP contribution in [0.25, 0.3) is 159 Å². The molecular formula is C80H44N10. The van der Waals surface area contributed by atoms with Crippen molar-refractivity contribution in [3.63, 3.8) is 0 Å². The van der Waals surface area contributed by atoms with E-state index in [4.69, 9.17) is 34.7 Å². The predicted octanol–water partition coefficient (Wildman–Crippen LogP) is 20.8. The van der Waals surface area contributed by atoms with Crippen molar-refractivity contribution < 1.29 is 0 Å². The molecule has 3 heterocycles. The maximum Gasteiger partial charge on any atom is 0.188 e. The zero-order valence-electron chi connectivity index (χ0n) is 47.9. The summed E-state index contributed by atoms with van der Waals surface area (Å²) in [4.78, 5) is 27.0. The van der Waals surface area contributed by atoms with Crippen molar-refractivity contribution in [3.05, 3.63) is 312 Å². The van der Waals surface area contributed by atoms with Crippen LogP contribution in [-0.2, 0) is 0 Å². The van der Waals surface area contributed by atoms with Gasteiger partial charge in [0, 0.05) is 43.8 Å². The summed E-state index contributed by atoms with van der Waals surface area (Å²) in [6.07, 6.45) is 0. The first-order valence-corrected chi connectivity index (χ1v) is 29.0. The second-order valence-electron chi connectivity index (χ2n) is 21.9. The van der Waals surface area contributed by atoms with Crippen LogP contribution in [0, 0.1) is 42.4 Å².